The van der Waals surface area contributed by atoms with E-state index in [0.717, 1.165) is 38.5 Å². The Bertz CT molecular complexity index is 258. The highest BCUT2D eigenvalue weighted by atomic mass is 16.1. The smallest absolute Gasteiger partial charge is 0.149 e. The summed E-state index contributed by atoms with van der Waals surface area (Å²) in [6.45, 7) is 7.45. The molecule has 0 radical (unpaired) electrons. The molecule has 0 saturated carbocycles. The van der Waals surface area contributed by atoms with E-state index in [1.54, 1.807) is 6.92 Å². The average Bonchev–Trinajstić information content (AvgIpc) is 2.32. The van der Waals surface area contributed by atoms with Gasteiger partial charge in [0.2, 0.25) is 0 Å². The number of carbonyl (C=O) groups is 1. The van der Waals surface area contributed by atoms with Gasteiger partial charge in [-0.1, -0.05) is 18.2 Å². The van der Waals surface area contributed by atoms with Crippen LogP contribution in [-0.2, 0) is 4.79 Å². The Labute approximate surface area is 106 Å². The summed E-state index contributed by atoms with van der Waals surface area (Å²) in [7, 11) is 1.89. The monoisotopic (exact) mass is 237 g/mol. The van der Waals surface area contributed by atoms with Crippen molar-refractivity contribution in [2.45, 2.75) is 57.9 Å². The van der Waals surface area contributed by atoms with E-state index in [0.29, 0.717) is 0 Å². The van der Waals surface area contributed by atoms with Gasteiger partial charge in [0.25, 0.3) is 0 Å². The van der Waals surface area contributed by atoms with Crippen molar-refractivity contribution < 1.29 is 4.79 Å². The van der Waals surface area contributed by atoms with Crippen LogP contribution in [-0.4, -0.2) is 18.4 Å². The molecule has 2 nitrogen and oxygen atoms in total. The van der Waals surface area contributed by atoms with Gasteiger partial charge < -0.3 is 5.32 Å². The van der Waals surface area contributed by atoms with E-state index in [2.05, 4.69) is 24.0 Å². The zero-order valence-corrected chi connectivity index (χ0v) is 11.6. The second-order valence-electron chi connectivity index (χ2n) is 4.53. The Balaban J connectivity index is 4.36. The van der Waals surface area contributed by atoms with Gasteiger partial charge in [-0.05, 0) is 59.4 Å². The quantitative estimate of drug-likeness (QED) is 0.464. The van der Waals surface area contributed by atoms with Crippen LogP contribution in [0.5, 0.6) is 0 Å². The average molecular weight is 237 g/mol. The Morgan fingerprint density at radius 2 is 1.88 bits per heavy atom. The van der Waals surface area contributed by atoms with Crippen molar-refractivity contribution in [3.05, 3.63) is 24.8 Å². The minimum atomic E-state index is -0.329. The van der Waals surface area contributed by atoms with Crippen molar-refractivity contribution in [1.29, 1.82) is 0 Å². The molecule has 0 spiro atoms. The molecule has 1 atom stereocenters. The molecule has 1 N–H and O–H groups in total. The number of unbranched alkanes of at least 4 members (excludes halogenated alkanes) is 2. The lowest BCUT2D eigenvalue weighted by atomic mass is 9.83. The molecule has 2 heteroatoms. The highest BCUT2D eigenvalue weighted by Gasteiger charge is 2.31. The molecule has 0 fully saturated rings. The van der Waals surface area contributed by atoms with Crippen molar-refractivity contribution in [1.82, 2.24) is 5.32 Å². The van der Waals surface area contributed by atoms with Gasteiger partial charge in [0.15, 0.2) is 0 Å². The van der Waals surface area contributed by atoms with Gasteiger partial charge in [-0.25, -0.2) is 0 Å². The van der Waals surface area contributed by atoms with Crippen LogP contribution in [0.15, 0.2) is 24.8 Å². The number of nitrogens with one attached hydrogen (secondary N) is 1. The lowest BCUT2D eigenvalue weighted by molar-refractivity contribution is -0.123. The van der Waals surface area contributed by atoms with Crippen LogP contribution in [0.3, 0.4) is 0 Å². The summed E-state index contributed by atoms with van der Waals surface area (Å²) < 4.78 is 0. The van der Waals surface area contributed by atoms with Crippen molar-refractivity contribution in [2.24, 2.45) is 0 Å². The first kappa shape index (κ1) is 16.1. The normalized spacial score (nSPS) is 14.8. The maximum atomic E-state index is 11.8. The van der Waals surface area contributed by atoms with Crippen LogP contribution in [0, 0.1) is 0 Å². The van der Waals surface area contributed by atoms with Crippen LogP contribution in [0.25, 0.3) is 0 Å². The van der Waals surface area contributed by atoms with Gasteiger partial charge in [0.05, 0.1) is 5.54 Å². The van der Waals surface area contributed by atoms with Crippen LogP contribution in [0.2, 0.25) is 0 Å². The van der Waals surface area contributed by atoms with Gasteiger partial charge in [-0.2, -0.15) is 0 Å². The fourth-order valence-electron chi connectivity index (χ4n) is 2.14. The van der Waals surface area contributed by atoms with Gasteiger partial charge >= 0.3 is 0 Å². The molecular weight excluding hydrogens is 210 g/mol. The van der Waals surface area contributed by atoms with E-state index in [4.69, 9.17) is 0 Å². The predicted octanol–water partition coefficient (Wildman–Crippen LogP) is 3.64. The zero-order chi connectivity index (χ0) is 13.1. The first-order chi connectivity index (χ1) is 8.13. The largest absolute Gasteiger partial charge is 0.308 e. The molecule has 0 aliphatic carbocycles. The number of carbonyl (C=O) groups excluding carboxylic acids is 1. The molecule has 0 unspecified atom stereocenters. The van der Waals surface area contributed by atoms with Crippen molar-refractivity contribution >= 4 is 5.78 Å². The fraction of sp³-hybridized carbons (Fsp3) is 0.667. The van der Waals surface area contributed by atoms with Gasteiger partial charge in [0, 0.05) is 0 Å². The Morgan fingerprint density at radius 3 is 2.29 bits per heavy atom. The predicted molar refractivity (Wildman–Crippen MR) is 75.2 cm³/mol. The van der Waals surface area contributed by atoms with Gasteiger partial charge in [0.1, 0.15) is 5.78 Å². The molecular formula is C15H27NO. The fourth-order valence-corrected chi connectivity index (χ4v) is 2.14. The lowest BCUT2D eigenvalue weighted by Crippen LogP contribution is -2.49. The maximum Gasteiger partial charge on any atom is 0.149 e. The second-order valence-corrected chi connectivity index (χ2v) is 4.53. The second kappa shape index (κ2) is 9.17. The van der Waals surface area contributed by atoms with Gasteiger partial charge in [-0.15, -0.1) is 6.58 Å². The highest BCUT2D eigenvalue weighted by Crippen LogP contribution is 2.22. The van der Waals surface area contributed by atoms with Crippen LogP contribution in [0.1, 0.15) is 52.4 Å². The van der Waals surface area contributed by atoms with E-state index in [-0.39, 0.29) is 11.3 Å². The summed E-state index contributed by atoms with van der Waals surface area (Å²) in [5.41, 5.74) is -0.329. The summed E-state index contributed by atoms with van der Waals surface area (Å²) in [6.07, 6.45) is 12.1. The summed E-state index contributed by atoms with van der Waals surface area (Å²) in [5.74, 6) is 0.254. The number of ketones is 1. The Morgan fingerprint density at radius 1 is 1.29 bits per heavy atom. The van der Waals surface area contributed by atoms with E-state index in [1.165, 1.54) is 0 Å². The molecule has 0 aromatic heterocycles. The third-order valence-corrected chi connectivity index (χ3v) is 3.37. The van der Waals surface area contributed by atoms with Gasteiger partial charge in [-0.3, -0.25) is 4.79 Å². The minimum Gasteiger partial charge on any atom is -0.308 e. The molecule has 0 heterocycles. The lowest BCUT2D eigenvalue weighted by Gasteiger charge is -2.31. The molecule has 0 amide bonds. The summed E-state index contributed by atoms with van der Waals surface area (Å²) in [6, 6.07) is 0. The molecule has 0 saturated heterocycles. The minimum absolute atomic E-state index is 0.254. The molecule has 0 aliphatic rings. The zero-order valence-electron chi connectivity index (χ0n) is 11.6. The number of Topliss-reactive ketones (excluding diaryl/α,β-unsaturated/α-hetero) is 1. The topological polar surface area (TPSA) is 29.1 Å². The van der Waals surface area contributed by atoms with Crippen molar-refractivity contribution in [2.75, 3.05) is 7.05 Å². The first-order valence-electron chi connectivity index (χ1n) is 6.55. The van der Waals surface area contributed by atoms with E-state index < -0.39 is 0 Å². The maximum absolute atomic E-state index is 11.8. The molecule has 0 bridgehead atoms. The molecule has 0 aliphatic heterocycles. The van der Waals surface area contributed by atoms with E-state index in [1.807, 2.05) is 20.0 Å². The van der Waals surface area contributed by atoms with E-state index in [9.17, 15) is 4.79 Å². The molecule has 17 heavy (non-hydrogen) atoms. The Kier molecular flexibility index (Phi) is 8.69. The van der Waals surface area contributed by atoms with Crippen LogP contribution >= 0.6 is 0 Å². The first-order valence-corrected chi connectivity index (χ1v) is 6.55. The summed E-state index contributed by atoms with van der Waals surface area (Å²) >= 11 is 0. The summed E-state index contributed by atoms with van der Waals surface area (Å²) in [5, 5.41) is 3.24. The molecule has 98 valence electrons. The summed E-state index contributed by atoms with van der Waals surface area (Å²) in [4.78, 5) is 11.8. The number of rotatable bonds is 10. The number of hydrogen-bond donors (Lipinski definition) is 1. The number of allylic oxidation sites excluding steroid dienone is 3. The van der Waals surface area contributed by atoms with Crippen molar-refractivity contribution in [3.63, 3.8) is 0 Å². The number of likely N-dealkylation sites (N-methyl/N-ethyl adjacent to an activating group) is 1. The highest BCUT2D eigenvalue weighted by molar-refractivity contribution is 5.86. The molecule has 0 aromatic carbocycles. The number of hydrogen-bond acceptors (Lipinski definition) is 2. The van der Waals surface area contributed by atoms with E-state index >= 15 is 0 Å². The standard InChI is InChI=1S/C15H27NO/c1-5-7-9-11-13-15(16-4,14(3)17)12-10-8-6-2/h5-7,16H,2,8-13H2,1,3-4H3/t15-/m0/s1. The third kappa shape index (κ3) is 5.83. The van der Waals surface area contributed by atoms with Crippen LogP contribution < -0.4 is 5.32 Å². The third-order valence-electron chi connectivity index (χ3n) is 3.37. The van der Waals surface area contributed by atoms with Crippen molar-refractivity contribution in [3.8, 4) is 0 Å². The Hall–Kier alpha value is -0.890. The van der Waals surface area contributed by atoms with Crippen LogP contribution in [0.4, 0.5) is 0 Å². The SMILES string of the molecule is C=CCCC[C@@](CCCC=CC)(NC)C(C)=O. The molecule has 0 rings (SSSR count). The molecule has 0 aromatic rings.